The van der Waals surface area contributed by atoms with E-state index in [4.69, 9.17) is 10.5 Å². The van der Waals surface area contributed by atoms with Crippen LogP contribution in [-0.2, 0) is 20.3 Å². The van der Waals surface area contributed by atoms with Gasteiger partial charge < -0.3 is 15.8 Å². The van der Waals surface area contributed by atoms with Gasteiger partial charge in [0.25, 0.3) is 5.91 Å². The van der Waals surface area contributed by atoms with E-state index in [1.807, 2.05) is 0 Å². The molecule has 1 saturated carbocycles. The van der Waals surface area contributed by atoms with E-state index in [1.54, 1.807) is 0 Å². The molecule has 2 heterocycles. The number of amides is 2. The number of nitrogens with one attached hydrogen (secondary N) is 1. The van der Waals surface area contributed by atoms with Crippen molar-refractivity contribution in [3.63, 3.8) is 0 Å². The molecule has 1 atom stereocenters. The van der Waals surface area contributed by atoms with Gasteiger partial charge in [-0.05, 0) is 26.2 Å². The van der Waals surface area contributed by atoms with Gasteiger partial charge in [0.1, 0.15) is 17.1 Å². The average molecular weight is 467 g/mol. The molecular weight excluding hydrogens is 446 g/mol. The first-order valence-corrected chi connectivity index (χ1v) is 11.2. The van der Waals surface area contributed by atoms with Gasteiger partial charge in [-0.15, -0.1) is 0 Å². The number of halogens is 4. The molecule has 8 nitrogen and oxygen atoms in total. The number of ether oxygens (including phenoxy) is 1. The molecule has 1 aliphatic heterocycles. The van der Waals surface area contributed by atoms with Gasteiger partial charge in [-0.3, -0.25) is 14.6 Å². The molecule has 1 unspecified atom stereocenters. The Balaban J connectivity index is 1.89. The van der Waals surface area contributed by atoms with Crippen LogP contribution in [0.15, 0.2) is 12.3 Å². The molecule has 0 spiro atoms. The lowest BCUT2D eigenvalue weighted by molar-refractivity contribution is -0.189. The number of alkyl halides is 4. The molecule has 13 heteroatoms. The van der Waals surface area contributed by atoms with Crippen LogP contribution in [0.3, 0.4) is 0 Å². The Morgan fingerprint density at radius 3 is 2.39 bits per heavy atom. The Kier molecular flexibility index (Phi) is 5.70. The van der Waals surface area contributed by atoms with Crippen molar-refractivity contribution in [2.75, 3.05) is 11.5 Å². The van der Waals surface area contributed by atoms with E-state index in [0.29, 0.717) is 6.42 Å². The number of aromatic nitrogens is 1. The molecule has 0 aromatic carbocycles. The van der Waals surface area contributed by atoms with Crippen molar-refractivity contribution in [2.45, 2.75) is 56.1 Å². The maximum absolute atomic E-state index is 14.9. The Labute approximate surface area is 175 Å². The first-order valence-electron chi connectivity index (χ1n) is 9.39. The predicted molar refractivity (Wildman–Crippen MR) is 99.7 cm³/mol. The molecular formula is C18H21F4N3O5S. The van der Waals surface area contributed by atoms with E-state index in [2.05, 4.69) is 10.3 Å². The van der Waals surface area contributed by atoms with E-state index in [9.17, 15) is 35.6 Å². The highest BCUT2D eigenvalue weighted by molar-refractivity contribution is 7.93. The van der Waals surface area contributed by atoms with Crippen molar-refractivity contribution in [2.24, 2.45) is 5.73 Å². The maximum atomic E-state index is 14.9. The molecule has 1 saturated heterocycles. The van der Waals surface area contributed by atoms with Crippen LogP contribution in [0.2, 0.25) is 0 Å². The number of nitrogens with two attached hydrogens (primary N) is 1. The lowest BCUT2D eigenvalue weighted by atomic mass is 9.77. The highest BCUT2D eigenvalue weighted by Crippen LogP contribution is 2.48. The van der Waals surface area contributed by atoms with Crippen molar-refractivity contribution in [1.29, 1.82) is 0 Å². The summed E-state index contributed by atoms with van der Waals surface area (Å²) in [6.45, 7) is 0.747. The largest absolute Gasteiger partial charge is 0.481 e. The second-order valence-corrected chi connectivity index (χ2v) is 10.2. The van der Waals surface area contributed by atoms with Crippen LogP contribution in [0.4, 0.5) is 17.6 Å². The molecule has 3 rings (SSSR count). The van der Waals surface area contributed by atoms with Crippen LogP contribution in [0.1, 0.15) is 48.7 Å². The molecule has 31 heavy (non-hydrogen) atoms. The van der Waals surface area contributed by atoms with Gasteiger partial charge in [-0.25, -0.2) is 12.8 Å². The summed E-state index contributed by atoms with van der Waals surface area (Å²) in [4.78, 5) is 27.8. The molecule has 3 N–H and O–H groups in total. The van der Waals surface area contributed by atoms with Crippen molar-refractivity contribution < 1.29 is 40.3 Å². The number of carbonyl (C=O) groups excluding carboxylic acids is 2. The molecule has 1 aromatic heterocycles. The summed E-state index contributed by atoms with van der Waals surface area (Å²) in [6.07, 6.45) is -5.79. The second kappa shape index (κ2) is 7.61. The summed E-state index contributed by atoms with van der Waals surface area (Å²) in [7, 11) is -3.47. The summed E-state index contributed by atoms with van der Waals surface area (Å²) >= 11 is 0. The van der Waals surface area contributed by atoms with Crippen LogP contribution in [-0.4, -0.2) is 54.5 Å². The zero-order chi connectivity index (χ0) is 23.2. The number of hydrogen-bond donors (Lipinski definition) is 2. The summed E-state index contributed by atoms with van der Waals surface area (Å²) in [5.41, 5.74) is 1.19. The van der Waals surface area contributed by atoms with Gasteiger partial charge in [0.2, 0.25) is 5.91 Å². The average Bonchev–Trinajstić information content (AvgIpc) is 2.56. The fourth-order valence-electron chi connectivity index (χ4n) is 3.67. The Hall–Kier alpha value is -2.44. The van der Waals surface area contributed by atoms with Crippen LogP contribution in [0.5, 0.6) is 5.75 Å². The fourth-order valence-corrected chi connectivity index (χ4v) is 5.61. The van der Waals surface area contributed by atoms with Crippen molar-refractivity contribution in [3.8, 4) is 5.75 Å². The smallest absolute Gasteiger partial charge is 0.425 e. The van der Waals surface area contributed by atoms with E-state index in [1.165, 1.54) is 0 Å². The number of hydrogen-bond acceptors (Lipinski definition) is 6. The predicted octanol–water partition coefficient (Wildman–Crippen LogP) is 1.53. The van der Waals surface area contributed by atoms with Crippen molar-refractivity contribution >= 4 is 21.7 Å². The molecule has 2 fully saturated rings. The Morgan fingerprint density at radius 1 is 1.32 bits per heavy atom. The summed E-state index contributed by atoms with van der Waals surface area (Å²) in [5, 5.41) is 2.38. The van der Waals surface area contributed by atoms with Crippen LogP contribution >= 0.6 is 0 Å². The minimum Gasteiger partial charge on any atom is -0.481 e. The number of pyridine rings is 1. The molecule has 1 aliphatic carbocycles. The van der Waals surface area contributed by atoms with Crippen LogP contribution in [0, 0.1) is 0 Å². The zero-order valence-electron chi connectivity index (χ0n) is 16.5. The number of carbonyl (C=O) groups is 2. The summed E-state index contributed by atoms with van der Waals surface area (Å²) in [6, 6.07) is 0.887. The number of rotatable bonds is 7. The quantitative estimate of drug-likeness (QED) is 0.586. The second-order valence-electron chi connectivity index (χ2n) is 8.10. The minimum absolute atomic E-state index is 0.0799. The number of sulfone groups is 1. The van der Waals surface area contributed by atoms with E-state index >= 15 is 0 Å². The van der Waals surface area contributed by atoms with Gasteiger partial charge in [-0.1, -0.05) is 0 Å². The highest BCUT2D eigenvalue weighted by Gasteiger charge is 2.51. The first kappa shape index (κ1) is 23.2. The lowest BCUT2D eigenvalue weighted by Crippen LogP contribution is -2.66. The highest BCUT2D eigenvalue weighted by atomic mass is 32.2. The van der Waals surface area contributed by atoms with Gasteiger partial charge in [-0.2, -0.15) is 13.2 Å². The van der Waals surface area contributed by atoms with E-state index in [0.717, 1.165) is 19.2 Å². The molecule has 0 radical (unpaired) electrons. The van der Waals surface area contributed by atoms with Gasteiger partial charge >= 0.3 is 6.18 Å². The molecule has 172 valence electrons. The van der Waals surface area contributed by atoms with Gasteiger partial charge in [0.05, 0.1) is 23.5 Å². The number of nitrogens with zero attached hydrogens (tertiary/aromatic N) is 1. The van der Waals surface area contributed by atoms with E-state index < -0.39 is 74.5 Å². The summed E-state index contributed by atoms with van der Waals surface area (Å²) < 4.78 is 81.9. The van der Waals surface area contributed by atoms with Gasteiger partial charge in [0.15, 0.2) is 15.9 Å². The van der Waals surface area contributed by atoms with Crippen LogP contribution in [0.25, 0.3) is 0 Å². The normalized spacial score (nSPS) is 21.8. The van der Waals surface area contributed by atoms with Crippen molar-refractivity contribution in [1.82, 2.24) is 10.3 Å². The fraction of sp³-hybridized carbons (Fsp3) is 0.611. The standard InChI is InChI=1S/C18H21F4N3O5S/c1-10(18(20,21)22)30-13-5-12(24-7-11(13)17(19)3-2-4-17)15(27)25-16(6-14(23)26)8-31(28,29)9-16/h5,7,10H,2-4,6,8-9H2,1H3,(H2,23,26)(H,25,27). The van der Waals surface area contributed by atoms with Gasteiger partial charge in [0, 0.05) is 17.8 Å². The summed E-state index contributed by atoms with van der Waals surface area (Å²) in [5.74, 6) is -3.30. The third-order valence-corrected chi connectivity index (χ3v) is 7.36. The Bertz CT molecular complexity index is 996. The minimum atomic E-state index is -4.72. The zero-order valence-corrected chi connectivity index (χ0v) is 17.3. The third kappa shape index (κ3) is 4.91. The molecule has 0 bridgehead atoms. The third-order valence-electron chi connectivity index (χ3n) is 5.38. The lowest BCUT2D eigenvalue weighted by Gasteiger charge is -2.40. The number of primary amides is 1. The SMILES string of the molecule is CC(Oc1cc(C(=O)NC2(CC(N)=O)CS(=O)(=O)C2)ncc1C1(F)CCC1)C(F)(F)F. The van der Waals surface area contributed by atoms with Crippen molar-refractivity contribution in [3.05, 3.63) is 23.5 Å². The van der Waals surface area contributed by atoms with E-state index in [-0.39, 0.29) is 18.4 Å². The Morgan fingerprint density at radius 2 is 1.94 bits per heavy atom. The van der Waals surface area contributed by atoms with Crippen LogP contribution < -0.4 is 15.8 Å². The molecule has 2 aliphatic rings. The first-order chi connectivity index (χ1) is 14.1. The maximum Gasteiger partial charge on any atom is 0.425 e. The topological polar surface area (TPSA) is 128 Å². The molecule has 1 aromatic rings. The monoisotopic (exact) mass is 467 g/mol. The molecule has 2 amide bonds.